The molecule has 0 aliphatic carbocycles. The van der Waals surface area contributed by atoms with Crippen LogP contribution in [0.15, 0.2) is 24.3 Å². The molecule has 1 N–H and O–H groups in total. The molecule has 22 heavy (non-hydrogen) atoms. The van der Waals surface area contributed by atoms with E-state index in [0.717, 1.165) is 12.1 Å². The fourth-order valence-electron chi connectivity index (χ4n) is 2.33. The molecule has 1 aliphatic rings. The van der Waals surface area contributed by atoms with Crippen molar-refractivity contribution in [2.24, 2.45) is 5.92 Å². The molecule has 1 aromatic carbocycles. The molecule has 0 saturated carbocycles. The van der Waals surface area contributed by atoms with Crippen molar-refractivity contribution in [3.05, 3.63) is 29.8 Å². The fourth-order valence-corrected chi connectivity index (χ4v) is 2.33. The van der Waals surface area contributed by atoms with Gasteiger partial charge in [-0.1, -0.05) is 12.1 Å². The molecular weight excluding hydrogens is 303 g/mol. The summed E-state index contributed by atoms with van der Waals surface area (Å²) in [6.07, 6.45) is -4.49. The second kappa shape index (κ2) is 6.25. The van der Waals surface area contributed by atoms with Gasteiger partial charge in [0.25, 0.3) is 0 Å². The first-order valence-electron chi connectivity index (χ1n) is 6.60. The number of carboxylic acids is 1. The van der Waals surface area contributed by atoms with Gasteiger partial charge in [-0.15, -0.1) is 13.2 Å². The zero-order chi connectivity index (χ0) is 16.3. The Morgan fingerprint density at radius 1 is 1.36 bits per heavy atom. The highest BCUT2D eigenvalue weighted by Gasteiger charge is 2.32. The highest BCUT2D eigenvalue weighted by molar-refractivity contribution is 5.80. The van der Waals surface area contributed by atoms with Gasteiger partial charge in [0.05, 0.1) is 12.3 Å². The predicted molar refractivity (Wildman–Crippen MR) is 69.2 cm³/mol. The smallest absolute Gasteiger partial charge is 0.481 e. The quantitative estimate of drug-likeness (QED) is 0.923. The number of aliphatic carboxylic acids is 1. The summed E-state index contributed by atoms with van der Waals surface area (Å²) >= 11 is 0. The Morgan fingerprint density at radius 3 is 2.68 bits per heavy atom. The van der Waals surface area contributed by atoms with E-state index in [2.05, 4.69) is 4.74 Å². The third-order valence-corrected chi connectivity index (χ3v) is 3.38. The number of nitrogens with zero attached hydrogens (tertiary/aromatic N) is 1. The van der Waals surface area contributed by atoms with Crippen LogP contribution >= 0.6 is 0 Å². The standard InChI is InChI=1S/C14H14F3NO4/c15-14(16,17)22-11-3-1-2-9(6-11)7-12(19)18-5-4-10(8-18)13(20)21/h1-3,6,10H,4-5,7-8H2,(H,20,21). The molecule has 1 unspecified atom stereocenters. The highest BCUT2D eigenvalue weighted by atomic mass is 19.4. The van der Waals surface area contributed by atoms with Crippen LogP contribution in [0.1, 0.15) is 12.0 Å². The zero-order valence-electron chi connectivity index (χ0n) is 11.5. The van der Waals surface area contributed by atoms with Crippen LogP contribution in [0.2, 0.25) is 0 Å². The molecule has 1 heterocycles. The van der Waals surface area contributed by atoms with E-state index in [1.807, 2.05) is 0 Å². The van der Waals surface area contributed by atoms with Gasteiger partial charge in [-0.05, 0) is 24.1 Å². The van der Waals surface area contributed by atoms with Gasteiger partial charge in [0.2, 0.25) is 5.91 Å². The summed E-state index contributed by atoms with van der Waals surface area (Å²) in [5, 5.41) is 8.89. The molecule has 1 aromatic rings. The summed E-state index contributed by atoms with van der Waals surface area (Å²) in [7, 11) is 0. The lowest BCUT2D eigenvalue weighted by Gasteiger charge is -2.16. The third-order valence-electron chi connectivity index (χ3n) is 3.38. The van der Waals surface area contributed by atoms with Crippen molar-refractivity contribution < 1.29 is 32.6 Å². The monoisotopic (exact) mass is 317 g/mol. The van der Waals surface area contributed by atoms with Crippen LogP contribution in [-0.2, 0) is 16.0 Å². The first-order chi connectivity index (χ1) is 10.2. The number of carboxylic acid groups (broad SMARTS) is 1. The molecule has 1 atom stereocenters. The molecule has 120 valence electrons. The van der Waals surface area contributed by atoms with E-state index in [1.54, 1.807) is 0 Å². The Morgan fingerprint density at radius 2 is 2.09 bits per heavy atom. The van der Waals surface area contributed by atoms with Gasteiger partial charge in [-0.3, -0.25) is 9.59 Å². The molecule has 0 bridgehead atoms. The lowest BCUT2D eigenvalue weighted by molar-refractivity contribution is -0.274. The summed E-state index contributed by atoms with van der Waals surface area (Å²) in [5.74, 6) is -2.23. The Bertz CT molecular complexity index is 573. The molecule has 1 saturated heterocycles. The Kier molecular flexibility index (Phi) is 4.58. The van der Waals surface area contributed by atoms with Crippen LogP contribution in [0.3, 0.4) is 0 Å². The summed E-state index contributed by atoms with van der Waals surface area (Å²) in [6.45, 7) is 0.474. The number of halogens is 3. The Balaban J connectivity index is 1.97. The van der Waals surface area contributed by atoms with Gasteiger partial charge >= 0.3 is 12.3 Å². The van der Waals surface area contributed by atoms with Gasteiger partial charge < -0.3 is 14.7 Å². The van der Waals surface area contributed by atoms with Crippen LogP contribution < -0.4 is 4.74 Å². The zero-order valence-corrected chi connectivity index (χ0v) is 11.5. The molecule has 0 spiro atoms. The lowest BCUT2D eigenvalue weighted by Crippen LogP contribution is -2.31. The Labute approximate surface area is 124 Å². The van der Waals surface area contributed by atoms with Crippen LogP contribution in [0.5, 0.6) is 5.75 Å². The fraction of sp³-hybridized carbons (Fsp3) is 0.429. The highest BCUT2D eigenvalue weighted by Crippen LogP contribution is 2.24. The van der Waals surface area contributed by atoms with E-state index < -0.39 is 18.2 Å². The number of likely N-dealkylation sites (tertiary alicyclic amines) is 1. The van der Waals surface area contributed by atoms with E-state index in [1.165, 1.54) is 17.0 Å². The average Bonchev–Trinajstić information content (AvgIpc) is 2.86. The van der Waals surface area contributed by atoms with Crippen LogP contribution in [0.4, 0.5) is 13.2 Å². The normalized spacial score (nSPS) is 18.3. The van der Waals surface area contributed by atoms with Crippen molar-refractivity contribution in [3.8, 4) is 5.75 Å². The number of carbonyl (C=O) groups excluding carboxylic acids is 1. The van der Waals surface area contributed by atoms with Crippen molar-refractivity contribution >= 4 is 11.9 Å². The number of rotatable bonds is 4. The average molecular weight is 317 g/mol. The van der Waals surface area contributed by atoms with E-state index in [4.69, 9.17) is 5.11 Å². The number of hydrogen-bond acceptors (Lipinski definition) is 3. The van der Waals surface area contributed by atoms with Crippen LogP contribution in [0.25, 0.3) is 0 Å². The van der Waals surface area contributed by atoms with Gasteiger partial charge in [-0.25, -0.2) is 0 Å². The van der Waals surface area contributed by atoms with Gasteiger partial charge in [0, 0.05) is 13.1 Å². The van der Waals surface area contributed by atoms with Gasteiger partial charge in [-0.2, -0.15) is 0 Å². The number of benzene rings is 1. The molecule has 5 nitrogen and oxygen atoms in total. The Hall–Kier alpha value is -2.25. The first kappa shape index (κ1) is 16.1. The van der Waals surface area contributed by atoms with Crippen molar-refractivity contribution in [2.45, 2.75) is 19.2 Å². The molecular formula is C14H14F3NO4. The summed E-state index contributed by atoms with van der Waals surface area (Å²) in [6, 6.07) is 5.19. The lowest BCUT2D eigenvalue weighted by atomic mass is 10.1. The van der Waals surface area contributed by atoms with Crippen LogP contribution in [-0.4, -0.2) is 41.3 Å². The maximum Gasteiger partial charge on any atom is 0.573 e. The van der Waals surface area contributed by atoms with E-state index in [0.29, 0.717) is 18.5 Å². The SMILES string of the molecule is O=C(O)C1CCN(C(=O)Cc2cccc(OC(F)(F)F)c2)C1. The number of ether oxygens (including phenoxy) is 1. The van der Waals surface area contributed by atoms with Crippen molar-refractivity contribution in [1.82, 2.24) is 4.90 Å². The predicted octanol–water partition coefficient (Wildman–Crippen LogP) is 2.06. The molecule has 2 rings (SSSR count). The molecule has 8 heteroatoms. The summed E-state index contributed by atoms with van der Waals surface area (Å²) < 4.78 is 40.2. The number of alkyl halides is 3. The van der Waals surface area contributed by atoms with Gasteiger partial charge in [0.15, 0.2) is 0 Å². The van der Waals surface area contributed by atoms with E-state index in [9.17, 15) is 22.8 Å². The largest absolute Gasteiger partial charge is 0.573 e. The van der Waals surface area contributed by atoms with Crippen LogP contribution in [0, 0.1) is 5.92 Å². The summed E-state index contributed by atoms with van der Waals surface area (Å²) in [5.41, 5.74) is 0.380. The maximum atomic E-state index is 12.1. The van der Waals surface area contributed by atoms with Crippen molar-refractivity contribution in [3.63, 3.8) is 0 Å². The van der Waals surface area contributed by atoms with E-state index >= 15 is 0 Å². The summed E-state index contributed by atoms with van der Waals surface area (Å²) in [4.78, 5) is 24.3. The van der Waals surface area contributed by atoms with E-state index in [-0.39, 0.29) is 24.6 Å². The molecule has 0 aromatic heterocycles. The molecule has 1 aliphatic heterocycles. The first-order valence-corrected chi connectivity index (χ1v) is 6.60. The minimum absolute atomic E-state index is 0.0958. The van der Waals surface area contributed by atoms with Crippen molar-refractivity contribution in [1.29, 1.82) is 0 Å². The minimum atomic E-state index is -4.79. The van der Waals surface area contributed by atoms with Crippen molar-refractivity contribution in [2.75, 3.05) is 13.1 Å². The minimum Gasteiger partial charge on any atom is -0.481 e. The molecule has 1 amide bonds. The topological polar surface area (TPSA) is 66.8 Å². The van der Waals surface area contributed by atoms with Gasteiger partial charge in [0.1, 0.15) is 5.75 Å². The molecule has 1 fully saturated rings. The molecule has 0 radical (unpaired) electrons. The number of amides is 1. The maximum absolute atomic E-state index is 12.1. The number of carbonyl (C=O) groups is 2. The second-order valence-electron chi connectivity index (χ2n) is 5.04. The number of hydrogen-bond donors (Lipinski definition) is 1. The second-order valence-corrected chi connectivity index (χ2v) is 5.04. The third kappa shape index (κ3) is 4.37.